The molecule has 0 saturated heterocycles. The van der Waals surface area contributed by atoms with E-state index in [0.29, 0.717) is 6.07 Å². The summed E-state index contributed by atoms with van der Waals surface area (Å²) in [7, 11) is 0. The highest BCUT2D eigenvalue weighted by Crippen LogP contribution is 2.27. The van der Waals surface area contributed by atoms with E-state index < -0.39 is 46.3 Å². The Kier molecular flexibility index (Phi) is 4.27. The number of nitro groups is 1. The van der Waals surface area contributed by atoms with Gasteiger partial charge >= 0.3 is 12.1 Å². The minimum atomic E-state index is -4.75. The SMILES string of the molecule is O=C(CC(F)(F)F)Nc1ccc(C(=O)O)cc1[N+](=O)[O-]. The van der Waals surface area contributed by atoms with Crippen molar-refractivity contribution in [2.75, 3.05) is 5.32 Å². The number of nitrogens with one attached hydrogen (secondary N) is 1. The highest BCUT2D eigenvalue weighted by molar-refractivity contribution is 5.95. The Morgan fingerprint density at radius 3 is 2.40 bits per heavy atom. The molecule has 2 N–H and O–H groups in total. The van der Waals surface area contributed by atoms with Gasteiger partial charge in [0.05, 0.1) is 10.5 Å². The van der Waals surface area contributed by atoms with E-state index >= 15 is 0 Å². The molecule has 10 heteroatoms. The van der Waals surface area contributed by atoms with Crippen LogP contribution in [0.4, 0.5) is 24.5 Å². The lowest BCUT2D eigenvalue weighted by Gasteiger charge is -2.08. The Morgan fingerprint density at radius 1 is 1.35 bits per heavy atom. The second kappa shape index (κ2) is 5.55. The molecule has 0 aromatic heterocycles. The molecule has 1 rings (SSSR count). The first-order valence-corrected chi connectivity index (χ1v) is 4.98. The monoisotopic (exact) mass is 292 g/mol. The van der Waals surface area contributed by atoms with Crippen molar-refractivity contribution in [3.63, 3.8) is 0 Å². The number of carboxylic acid groups (broad SMARTS) is 1. The smallest absolute Gasteiger partial charge is 0.397 e. The van der Waals surface area contributed by atoms with Gasteiger partial charge in [-0.2, -0.15) is 13.2 Å². The van der Waals surface area contributed by atoms with Crippen LogP contribution >= 0.6 is 0 Å². The maximum absolute atomic E-state index is 12.0. The van der Waals surface area contributed by atoms with E-state index in [0.717, 1.165) is 12.1 Å². The summed E-state index contributed by atoms with van der Waals surface area (Å²) in [5.41, 5.74) is -1.74. The van der Waals surface area contributed by atoms with Crippen molar-refractivity contribution in [3.05, 3.63) is 33.9 Å². The minimum Gasteiger partial charge on any atom is -0.478 e. The molecule has 0 heterocycles. The van der Waals surface area contributed by atoms with E-state index in [1.54, 1.807) is 5.32 Å². The number of amides is 1. The lowest BCUT2D eigenvalue weighted by atomic mass is 10.1. The Balaban J connectivity index is 3.03. The standard InChI is InChI=1S/C10H7F3N2O5/c11-10(12,13)4-8(16)14-6-2-1-5(9(17)18)3-7(6)15(19)20/h1-3H,4H2,(H,14,16)(H,17,18). The van der Waals surface area contributed by atoms with Crippen molar-refractivity contribution in [2.45, 2.75) is 12.6 Å². The zero-order chi connectivity index (χ0) is 15.5. The Bertz CT molecular complexity index is 571. The number of hydrogen-bond donors (Lipinski definition) is 2. The van der Waals surface area contributed by atoms with Gasteiger partial charge in [-0.15, -0.1) is 0 Å². The van der Waals surface area contributed by atoms with Crippen molar-refractivity contribution in [3.8, 4) is 0 Å². The summed E-state index contributed by atoms with van der Waals surface area (Å²) in [6.07, 6.45) is -6.55. The number of benzene rings is 1. The van der Waals surface area contributed by atoms with Gasteiger partial charge in [-0.1, -0.05) is 0 Å². The van der Waals surface area contributed by atoms with E-state index in [-0.39, 0.29) is 0 Å². The van der Waals surface area contributed by atoms with Crippen LogP contribution in [0.5, 0.6) is 0 Å². The molecule has 1 aromatic rings. The van der Waals surface area contributed by atoms with E-state index in [1.807, 2.05) is 0 Å². The van der Waals surface area contributed by atoms with Gasteiger partial charge in [0.1, 0.15) is 12.1 Å². The molecular weight excluding hydrogens is 285 g/mol. The fraction of sp³-hybridized carbons (Fsp3) is 0.200. The molecule has 0 spiro atoms. The first-order chi connectivity index (χ1) is 9.10. The summed E-state index contributed by atoms with van der Waals surface area (Å²) in [4.78, 5) is 31.4. The molecule has 0 aliphatic rings. The second-order valence-corrected chi connectivity index (χ2v) is 3.63. The molecule has 0 aliphatic heterocycles. The molecule has 1 aromatic carbocycles. The third-order valence-corrected chi connectivity index (χ3v) is 2.08. The van der Waals surface area contributed by atoms with E-state index in [4.69, 9.17) is 5.11 Å². The molecule has 108 valence electrons. The number of carbonyl (C=O) groups is 2. The van der Waals surface area contributed by atoms with Crippen molar-refractivity contribution < 1.29 is 32.8 Å². The number of aromatic carboxylic acids is 1. The number of halogens is 3. The summed E-state index contributed by atoms with van der Waals surface area (Å²) in [6, 6.07) is 2.43. The first-order valence-electron chi connectivity index (χ1n) is 4.98. The number of hydrogen-bond acceptors (Lipinski definition) is 4. The van der Waals surface area contributed by atoms with Crippen molar-refractivity contribution in [2.24, 2.45) is 0 Å². The van der Waals surface area contributed by atoms with Gasteiger partial charge in [-0.3, -0.25) is 14.9 Å². The van der Waals surface area contributed by atoms with Crippen molar-refractivity contribution in [1.82, 2.24) is 0 Å². The number of rotatable bonds is 4. The average molecular weight is 292 g/mol. The predicted molar refractivity (Wildman–Crippen MR) is 59.4 cm³/mol. The molecule has 0 saturated carbocycles. The molecular formula is C10H7F3N2O5. The van der Waals surface area contributed by atoms with Gasteiger partial charge in [0, 0.05) is 6.07 Å². The van der Waals surface area contributed by atoms with Gasteiger partial charge in [0.25, 0.3) is 5.69 Å². The first kappa shape index (κ1) is 15.4. The second-order valence-electron chi connectivity index (χ2n) is 3.63. The van der Waals surface area contributed by atoms with Crippen LogP contribution in [0.3, 0.4) is 0 Å². The fourth-order valence-corrected chi connectivity index (χ4v) is 1.30. The number of nitrogens with zero attached hydrogens (tertiary/aromatic N) is 1. The molecule has 0 atom stereocenters. The number of alkyl halides is 3. The summed E-state index contributed by atoms with van der Waals surface area (Å²) in [6.45, 7) is 0. The van der Waals surface area contributed by atoms with Crippen LogP contribution in [-0.2, 0) is 4.79 Å². The highest BCUT2D eigenvalue weighted by Gasteiger charge is 2.32. The number of anilines is 1. The Morgan fingerprint density at radius 2 is 1.95 bits per heavy atom. The van der Waals surface area contributed by atoms with Crippen molar-refractivity contribution >= 4 is 23.3 Å². The van der Waals surface area contributed by atoms with E-state index in [2.05, 4.69) is 0 Å². The zero-order valence-electron chi connectivity index (χ0n) is 9.60. The summed E-state index contributed by atoms with van der Waals surface area (Å²) < 4.78 is 35.9. The zero-order valence-corrected chi connectivity index (χ0v) is 9.60. The number of nitro benzene ring substituents is 1. The number of carboxylic acids is 1. The molecule has 1 amide bonds. The van der Waals surface area contributed by atoms with Crippen LogP contribution in [0.25, 0.3) is 0 Å². The summed E-state index contributed by atoms with van der Waals surface area (Å²) in [5, 5.41) is 21.1. The van der Waals surface area contributed by atoms with Gasteiger partial charge < -0.3 is 10.4 Å². The molecule has 0 aliphatic carbocycles. The topological polar surface area (TPSA) is 110 Å². The summed E-state index contributed by atoms with van der Waals surface area (Å²) >= 11 is 0. The van der Waals surface area contributed by atoms with Crippen LogP contribution in [0.1, 0.15) is 16.8 Å². The maximum Gasteiger partial charge on any atom is 0.397 e. The van der Waals surface area contributed by atoms with Gasteiger partial charge in [0.15, 0.2) is 0 Å². The lowest BCUT2D eigenvalue weighted by molar-refractivity contribution is -0.384. The minimum absolute atomic E-state index is 0.425. The largest absolute Gasteiger partial charge is 0.478 e. The van der Waals surface area contributed by atoms with Crippen LogP contribution in [0.2, 0.25) is 0 Å². The maximum atomic E-state index is 12.0. The van der Waals surface area contributed by atoms with Crippen molar-refractivity contribution in [1.29, 1.82) is 0 Å². The predicted octanol–water partition coefficient (Wildman–Crippen LogP) is 2.18. The number of carbonyl (C=O) groups excluding carboxylic acids is 1. The molecule has 0 bridgehead atoms. The van der Waals surface area contributed by atoms with Crippen LogP contribution in [0.15, 0.2) is 18.2 Å². The lowest BCUT2D eigenvalue weighted by Crippen LogP contribution is -2.21. The Hall–Kier alpha value is -2.65. The fourth-order valence-electron chi connectivity index (χ4n) is 1.30. The molecule has 20 heavy (non-hydrogen) atoms. The summed E-state index contributed by atoms with van der Waals surface area (Å²) in [5.74, 6) is -2.93. The third kappa shape index (κ3) is 4.23. The molecule has 0 unspecified atom stereocenters. The van der Waals surface area contributed by atoms with Crippen LogP contribution < -0.4 is 5.32 Å². The third-order valence-electron chi connectivity index (χ3n) is 2.08. The van der Waals surface area contributed by atoms with Crippen LogP contribution in [-0.4, -0.2) is 28.1 Å². The molecule has 0 radical (unpaired) electrons. The molecule has 0 fully saturated rings. The van der Waals surface area contributed by atoms with E-state index in [1.165, 1.54) is 0 Å². The highest BCUT2D eigenvalue weighted by atomic mass is 19.4. The Labute approximate surface area is 109 Å². The van der Waals surface area contributed by atoms with Crippen LogP contribution in [0, 0.1) is 10.1 Å². The molecule has 7 nitrogen and oxygen atoms in total. The quantitative estimate of drug-likeness (QED) is 0.653. The van der Waals surface area contributed by atoms with Gasteiger partial charge in [-0.25, -0.2) is 4.79 Å². The normalized spacial score (nSPS) is 10.9. The van der Waals surface area contributed by atoms with Gasteiger partial charge in [-0.05, 0) is 12.1 Å². The van der Waals surface area contributed by atoms with E-state index in [9.17, 15) is 32.9 Å². The van der Waals surface area contributed by atoms with Gasteiger partial charge in [0.2, 0.25) is 5.91 Å². The average Bonchev–Trinajstić information content (AvgIpc) is 2.25.